The van der Waals surface area contributed by atoms with Crippen LogP contribution < -0.4 is 16.4 Å². The van der Waals surface area contributed by atoms with Crippen LogP contribution in [-0.4, -0.2) is 47.9 Å². The van der Waals surface area contributed by atoms with E-state index in [4.69, 9.17) is 5.73 Å². The van der Waals surface area contributed by atoms with Crippen LogP contribution in [-0.2, 0) is 16.1 Å². The SMILES string of the molecule is Cc1ccc(CN[C@H]2C[C@H]3C(=O)N[C@@H](CCCCN)C(=O)N3C2)cc1C. The molecule has 2 aliphatic rings. The first-order chi connectivity index (χ1) is 12.5. The fourth-order valence-electron chi connectivity index (χ4n) is 3.87. The Morgan fingerprint density at radius 3 is 2.77 bits per heavy atom. The van der Waals surface area contributed by atoms with Gasteiger partial charge in [-0.1, -0.05) is 18.2 Å². The summed E-state index contributed by atoms with van der Waals surface area (Å²) >= 11 is 0. The number of unbranched alkanes of at least 4 members (excludes halogenated alkanes) is 1. The number of carbonyl (C=O) groups excluding carboxylic acids is 2. The average molecular weight is 358 g/mol. The van der Waals surface area contributed by atoms with Gasteiger partial charge in [0, 0.05) is 19.1 Å². The number of carbonyl (C=O) groups is 2. The number of amides is 2. The molecule has 0 aliphatic carbocycles. The van der Waals surface area contributed by atoms with Crippen LogP contribution in [0.2, 0.25) is 0 Å². The lowest BCUT2D eigenvalue weighted by Crippen LogP contribution is -2.61. The second kappa shape index (κ2) is 8.18. The van der Waals surface area contributed by atoms with Crippen LogP contribution in [0.5, 0.6) is 0 Å². The van der Waals surface area contributed by atoms with Crippen LogP contribution in [0, 0.1) is 13.8 Å². The van der Waals surface area contributed by atoms with Gasteiger partial charge in [-0.2, -0.15) is 0 Å². The Bertz CT molecular complexity index is 676. The number of rotatable bonds is 7. The van der Waals surface area contributed by atoms with Gasteiger partial charge in [0.15, 0.2) is 0 Å². The van der Waals surface area contributed by atoms with Crippen LogP contribution in [0.15, 0.2) is 18.2 Å². The highest BCUT2D eigenvalue weighted by Gasteiger charge is 2.45. The molecule has 0 bridgehead atoms. The van der Waals surface area contributed by atoms with E-state index in [0.29, 0.717) is 25.9 Å². The van der Waals surface area contributed by atoms with Crippen molar-refractivity contribution in [3.8, 4) is 0 Å². The zero-order chi connectivity index (χ0) is 18.7. The molecule has 26 heavy (non-hydrogen) atoms. The molecule has 6 heteroatoms. The molecule has 0 spiro atoms. The zero-order valence-corrected chi connectivity index (χ0v) is 15.8. The number of aryl methyl sites for hydroxylation is 2. The van der Waals surface area contributed by atoms with Crippen LogP contribution in [0.25, 0.3) is 0 Å². The van der Waals surface area contributed by atoms with Gasteiger partial charge in [-0.3, -0.25) is 9.59 Å². The Morgan fingerprint density at radius 2 is 2.04 bits per heavy atom. The van der Waals surface area contributed by atoms with Gasteiger partial charge in [0.25, 0.3) is 0 Å². The van der Waals surface area contributed by atoms with Crippen molar-refractivity contribution in [2.24, 2.45) is 5.73 Å². The number of nitrogens with two attached hydrogens (primary N) is 1. The van der Waals surface area contributed by atoms with Gasteiger partial charge in [-0.15, -0.1) is 0 Å². The molecule has 0 unspecified atom stereocenters. The van der Waals surface area contributed by atoms with Crippen molar-refractivity contribution in [2.75, 3.05) is 13.1 Å². The van der Waals surface area contributed by atoms with E-state index >= 15 is 0 Å². The smallest absolute Gasteiger partial charge is 0.245 e. The molecule has 2 aliphatic heterocycles. The molecule has 0 aromatic heterocycles. The molecule has 0 saturated carbocycles. The van der Waals surface area contributed by atoms with E-state index in [1.807, 2.05) is 0 Å². The minimum Gasteiger partial charge on any atom is -0.343 e. The first kappa shape index (κ1) is 18.9. The van der Waals surface area contributed by atoms with Crippen molar-refractivity contribution in [1.82, 2.24) is 15.5 Å². The Morgan fingerprint density at radius 1 is 1.23 bits per heavy atom. The molecule has 3 rings (SSSR count). The summed E-state index contributed by atoms with van der Waals surface area (Å²) in [6.07, 6.45) is 3.09. The number of hydrogen-bond donors (Lipinski definition) is 3. The van der Waals surface area contributed by atoms with E-state index < -0.39 is 0 Å². The minimum atomic E-state index is -0.385. The van der Waals surface area contributed by atoms with E-state index in [0.717, 1.165) is 19.4 Å². The zero-order valence-electron chi connectivity index (χ0n) is 15.8. The Balaban J connectivity index is 1.56. The fourth-order valence-corrected chi connectivity index (χ4v) is 3.87. The van der Waals surface area contributed by atoms with Crippen LogP contribution in [0.4, 0.5) is 0 Å². The Kier molecular flexibility index (Phi) is 5.94. The molecule has 1 aromatic carbocycles. The van der Waals surface area contributed by atoms with Crippen molar-refractivity contribution in [3.05, 3.63) is 34.9 Å². The molecule has 2 heterocycles. The highest BCUT2D eigenvalue weighted by atomic mass is 16.2. The van der Waals surface area contributed by atoms with Gasteiger partial charge >= 0.3 is 0 Å². The van der Waals surface area contributed by atoms with Crippen molar-refractivity contribution in [2.45, 2.75) is 64.2 Å². The summed E-state index contributed by atoms with van der Waals surface area (Å²) in [4.78, 5) is 26.9. The summed E-state index contributed by atoms with van der Waals surface area (Å²) in [6, 6.07) is 5.89. The molecule has 142 valence electrons. The average Bonchev–Trinajstić information content (AvgIpc) is 3.05. The van der Waals surface area contributed by atoms with Crippen molar-refractivity contribution in [3.63, 3.8) is 0 Å². The second-order valence-electron chi connectivity index (χ2n) is 7.58. The summed E-state index contributed by atoms with van der Waals surface area (Å²) in [7, 11) is 0. The monoisotopic (exact) mass is 358 g/mol. The molecule has 2 saturated heterocycles. The van der Waals surface area contributed by atoms with E-state index in [2.05, 4.69) is 42.7 Å². The van der Waals surface area contributed by atoms with Crippen molar-refractivity contribution < 1.29 is 9.59 Å². The number of hydrogen-bond acceptors (Lipinski definition) is 4. The summed E-state index contributed by atoms with van der Waals surface area (Å²) in [5.74, 6) is 0.0416. The number of nitrogens with one attached hydrogen (secondary N) is 2. The molecular weight excluding hydrogens is 328 g/mol. The first-order valence-corrected chi connectivity index (χ1v) is 9.60. The summed E-state index contributed by atoms with van der Waals surface area (Å²) in [5.41, 5.74) is 9.31. The number of benzene rings is 1. The van der Waals surface area contributed by atoms with Crippen LogP contribution >= 0.6 is 0 Å². The number of piperazine rings is 1. The number of nitrogens with zero attached hydrogens (tertiary/aromatic N) is 1. The molecule has 2 fully saturated rings. The van der Waals surface area contributed by atoms with Gasteiger partial charge in [0.1, 0.15) is 12.1 Å². The maximum atomic E-state index is 12.7. The minimum absolute atomic E-state index is 0.0159. The quantitative estimate of drug-likeness (QED) is 0.635. The van der Waals surface area contributed by atoms with Gasteiger partial charge in [0.05, 0.1) is 0 Å². The molecule has 4 N–H and O–H groups in total. The van der Waals surface area contributed by atoms with Crippen LogP contribution in [0.3, 0.4) is 0 Å². The standard InChI is InChI=1S/C20H30N4O2/c1-13-6-7-15(9-14(13)2)11-22-16-10-18-19(25)23-17(5-3-4-8-21)20(26)24(18)12-16/h6-7,9,16-18,22H,3-5,8,10-12,21H2,1-2H3,(H,23,25)/t16-,17-,18-/m0/s1. The normalized spacial score (nSPS) is 25.3. The lowest BCUT2D eigenvalue weighted by Gasteiger charge is -2.34. The van der Waals surface area contributed by atoms with Crippen molar-refractivity contribution in [1.29, 1.82) is 0 Å². The van der Waals surface area contributed by atoms with E-state index in [1.54, 1.807) is 4.90 Å². The molecule has 0 radical (unpaired) electrons. The molecule has 2 amide bonds. The summed E-state index contributed by atoms with van der Waals surface area (Å²) in [6.45, 7) is 6.20. The summed E-state index contributed by atoms with van der Waals surface area (Å²) < 4.78 is 0. The fraction of sp³-hybridized carbons (Fsp3) is 0.600. The maximum absolute atomic E-state index is 12.7. The highest BCUT2D eigenvalue weighted by Crippen LogP contribution is 2.24. The lowest BCUT2D eigenvalue weighted by molar-refractivity contribution is -0.147. The van der Waals surface area contributed by atoms with E-state index in [-0.39, 0.29) is 29.9 Å². The predicted octanol–water partition coefficient (Wildman–Crippen LogP) is 0.990. The van der Waals surface area contributed by atoms with E-state index in [1.165, 1.54) is 16.7 Å². The third kappa shape index (κ3) is 4.07. The maximum Gasteiger partial charge on any atom is 0.245 e. The summed E-state index contributed by atoms with van der Waals surface area (Å²) in [5, 5.41) is 6.42. The van der Waals surface area contributed by atoms with E-state index in [9.17, 15) is 9.59 Å². The van der Waals surface area contributed by atoms with Crippen LogP contribution in [0.1, 0.15) is 42.4 Å². The molecular formula is C20H30N4O2. The number of fused-ring (bicyclic) bond motifs is 1. The second-order valence-corrected chi connectivity index (χ2v) is 7.58. The van der Waals surface area contributed by atoms with Gasteiger partial charge in [-0.05, 0) is 62.8 Å². The van der Waals surface area contributed by atoms with Gasteiger partial charge in [-0.25, -0.2) is 0 Å². The third-order valence-electron chi connectivity index (χ3n) is 5.61. The Hall–Kier alpha value is -1.92. The van der Waals surface area contributed by atoms with Crippen molar-refractivity contribution >= 4 is 11.8 Å². The largest absolute Gasteiger partial charge is 0.343 e. The molecule has 3 atom stereocenters. The first-order valence-electron chi connectivity index (χ1n) is 9.60. The topological polar surface area (TPSA) is 87.5 Å². The Labute approximate surface area is 155 Å². The van der Waals surface area contributed by atoms with Gasteiger partial charge < -0.3 is 21.3 Å². The molecule has 6 nitrogen and oxygen atoms in total. The molecule has 1 aromatic rings. The lowest BCUT2D eigenvalue weighted by atomic mass is 10.0. The van der Waals surface area contributed by atoms with Gasteiger partial charge in [0.2, 0.25) is 11.8 Å². The highest BCUT2D eigenvalue weighted by molar-refractivity contribution is 5.97. The third-order valence-corrected chi connectivity index (χ3v) is 5.61. The predicted molar refractivity (Wildman–Crippen MR) is 101 cm³/mol.